The number of anilines is 3. The van der Waals surface area contributed by atoms with E-state index >= 15 is 0 Å². The lowest BCUT2D eigenvalue weighted by Crippen LogP contribution is -2.29. The Kier molecular flexibility index (Phi) is 5.89. The molecule has 3 heterocycles. The summed E-state index contributed by atoms with van der Waals surface area (Å²) in [6.45, 7) is 1.83. The summed E-state index contributed by atoms with van der Waals surface area (Å²) in [6, 6.07) is 7.30. The predicted octanol–water partition coefficient (Wildman–Crippen LogP) is 3.07. The van der Waals surface area contributed by atoms with Crippen LogP contribution in [-0.4, -0.2) is 24.5 Å². The molecule has 0 radical (unpaired) electrons. The molecule has 0 fully saturated rings. The summed E-state index contributed by atoms with van der Waals surface area (Å²) >= 11 is 3.32. The van der Waals surface area contributed by atoms with Gasteiger partial charge in [-0.3, -0.25) is 14.3 Å². The molecule has 12 heteroatoms. The molecule has 0 aliphatic carbocycles. The largest absolute Gasteiger partial charge is 0.382 e. The van der Waals surface area contributed by atoms with Crippen LogP contribution in [0.1, 0.15) is 30.8 Å². The molecule has 33 heavy (non-hydrogen) atoms. The molecule has 4 aromatic rings. The third-order valence-corrected chi connectivity index (χ3v) is 5.61. The van der Waals surface area contributed by atoms with Gasteiger partial charge in [0.2, 0.25) is 5.95 Å². The smallest absolute Gasteiger partial charge is 0.267 e. The van der Waals surface area contributed by atoms with Crippen LogP contribution in [0.15, 0.2) is 45.9 Å². The van der Waals surface area contributed by atoms with Gasteiger partial charge in [0.1, 0.15) is 34.6 Å². The maximum absolute atomic E-state index is 14.7. The third-order valence-electron chi connectivity index (χ3n) is 4.95. The SMILES string of the molecule is CCC(Nc1nc(N)nc(N)c1C#N)c1nc2c(F)ccc(Br)c2c(=O)n1-c1cccnc1. The van der Waals surface area contributed by atoms with Gasteiger partial charge in [-0.2, -0.15) is 15.2 Å². The average Bonchev–Trinajstić information content (AvgIpc) is 2.80. The van der Waals surface area contributed by atoms with Gasteiger partial charge in [0.15, 0.2) is 5.82 Å². The van der Waals surface area contributed by atoms with Crippen molar-refractivity contribution < 1.29 is 4.39 Å². The van der Waals surface area contributed by atoms with Crippen LogP contribution in [0.3, 0.4) is 0 Å². The fourth-order valence-corrected chi connectivity index (χ4v) is 3.92. The van der Waals surface area contributed by atoms with E-state index in [0.29, 0.717) is 16.6 Å². The third kappa shape index (κ3) is 3.94. The Morgan fingerprint density at radius 3 is 2.73 bits per heavy atom. The molecule has 0 aliphatic heterocycles. The highest BCUT2D eigenvalue weighted by Crippen LogP contribution is 2.29. The van der Waals surface area contributed by atoms with Crippen molar-refractivity contribution in [2.75, 3.05) is 16.8 Å². The maximum Gasteiger partial charge on any atom is 0.267 e. The number of nitrogens with zero attached hydrogens (tertiary/aromatic N) is 6. The molecule has 0 saturated heterocycles. The minimum absolute atomic E-state index is 0.00682. The number of halogens is 2. The topological polar surface area (TPSA) is 161 Å². The summed E-state index contributed by atoms with van der Waals surface area (Å²) < 4.78 is 16.5. The quantitative estimate of drug-likeness (QED) is 0.366. The standard InChI is InChI=1S/C21H17BrFN9O/c1-2-14(28-18-11(8-24)17(25)30-21(26)31-18)19-29-16-13(23)6-5-12(22)15(16)20(33)32(19)10-4-3-7-27-9-10/h3-7,9,14H,2H2,1H3,(H5,25,26,28,30,31). The number of aromatic nitrogens is 5. The van der Waals surface area contributed by atoms with Crippen molar-refractivity contribution in [2.45, 2.75) is 19.4 Å². The number of nitrogens with one attached hydrogen (secondary N) is 1. The van der Waals surface area contributed by atoms with Gasteiger partial charge in [0.25, 0.3) is 5.56 Å². The molecular weight excluding hydrogens is 493 g/mol. The van der Waals surface area contributed by atoms with Crippen LogP contribution in [0.25, 0.3) is 16.6 Å². The lowest BCUT2D eigenvalue weighted by Gasteiger charge is -2.23. The number of nitriles is 1. The van der Waals surface area contributed by atoms with E-state index in [4.69, 9.17) is 11.5 Å². The van der Waals surface area contributed by atoms with E-state index in [1.54, 1.807) is 18.3 Å². The van der Waals surface area contributed by atoms with Crippen molar-refractivity contribution in [3.63, 3.8) is 0 Å². The van der Waals surface area contributed by atoms with Gasteiger partial charge in [0.05, 0.1) is 23.3 Å². The predicted molar refractivity (Wildman–Crippen MR) is 125 cm³/mol. The molecule has 1 unspecified atom stereocenters. The molecule has 5 N–H and O–H groups in total. The van der Waals surface area contributed by atoms with Gasteiger partial charge in [-0.15, -0.1) is 0 Å². The molecule has 4 rings (SSSR count). The first kappa shape index (κ1) is 22.1. The van der Waals surface area contributed by atoms with Crippen LogP contribution in [0.4, 0.5) is 22.0 Å². The van der Waals surface area contributed by atoms with Crippen molar-refractivity contribution in [3.05, 3.63) is 68.7 Å². The van der Waals surface area contributed by atoms with Crippen LogP contribution < -0.4 is 22.3 Å². The Bertz CT molecular complexity index is 1470. The zero-order valence-corrected chi connectivity index (χ0v) is 18.8. The second-order valence-corrected chi connectivity index (χ2v) is 7.84. The monoisotopic (exact) mass is 509 g/mol. The van der Waals surface area contributed by atoms with Crippen molar-refractivity contribution >= 4 is 44.4 Å². The Morgan fingerprint density at radius 1 is 1.27 bits per heavy atom. The number of hydrogen-bond donors (Lipinski definition) is 3. The molecule has 0 amide bonds. The summed E-state index contributed by atoms with van der Waals surface area (Å²) in [5.74, 6) is -0.591. The number of pyridine rings is 1. The van der Waals surface area contributed by atoms with Gasteiger partial charge < -0.3 is 16.8 Å². The summed E-state index contributed by atoms with van der Waals surface area (Å²) in [7, 11) is 0. The second-order valence-electron chi connectivity index (χ2n) is 6.98. The van der Waals surface area contributed by atoms with E-state index < -0.39 is 17.4 Å². The minimum Gasteiger partial charge on any atom is -0.382 e. The van der Waals surface area contributed by atoms with Crippen LogP contribution in [-0.2, 0) is 0 Å². The van der Waals surface area contributed by atoms with Crippen LogP contribution in [0.2, 0.25) is 0 Å². The lowest BCUT2D eigenvalue weighted by atomic mass is 10.1. The summed E-state index contributed by atoms with van der Waals surface area (Å²) in [4.78, 5) is 30.1. The van der Waals surface area contributed by atoms with Gasteiger partial charge in [-0.1, -0.05) is 6.92 Å². The van der Waals surface area contributed by atoms with Gasteiger partial charge in [0, 0.05) is 10.7 Å². The zero-order valence-electron chi connectivity index (χ0n) is 17.3. The first-order chi connectivity index (χ1) is 15.8. The van der Waals surface area contributed by atoms with Gasteiger partial charge in [-0.05, 0) is 46.6 Å². The number of nitrogens with two attached hydrogens (primary N) is 2. The molecule has 3 aromatic heterocycles. The number of benzene rings is 1. The number of fused-ring (bicyclic) bond motifs is 1. The number of nitrogen functional groups attached to an aromatic ring is 2. The van der Waals surface area contributed by atoms with Crippen LogP contribution in [0.5, 0.6) is 0 Å². The number of hydrogen-bond acceptors (Lipinski definition) is 9. The van der Waals surface area contributed by atoms with Crippen molar-refractivity contribution in [1.82, 2.24) is 24.5 Å². The van der Waals surface area contributed by atoms with E-state index in [2.05, 4.69) is 41.2 Å². The van der Waals surface area contributed by atoms with E-state index in [9.17, 15) is 14.4 Å². The molecule has 10 nitrogen and oxygen atoms in total. The van der Waals surface area contributed by atoms with Crippen molar-refractivity contribution in [3.8, 4) is 11.8 Å². The Hall–Kier alpha value is -4.11. The highest BCUT2D eigenvalue weighted by Gasteiger charge is 2.24. The highest BCUT2D eigenvalue weighted by atomic mass is 79.9. The fourth-order valence-electron chi connectivity index (χ4n) is 3.43. The fraction of sp³-hybridized carbons (Fsp3) is 0.143. The van der Waals surface area contributed by atoms with Crippen LogP contribution >= 0.6 is 15.9 Å². The maximum atomic E-state index is 14.7. The van der Waals surface area contributed by atoms with E-state index in [1.165, 1.54) is 22.9 Å². The zero-order chi connectivity index (χ0) is 23.7. The first-order valence-electron chi connectivity index (χ1n) is 9.76. The Labute approximate surface area is 195 Å². The average molecular weight is 510 g/mol. The van der Waals surface area contributed by atoms with Gasteiger partial charge in [-0.25, -0.2) is 9.37 Å². The molecule has 0 spiro atoms. The second kappa shape index (κ2) is 8.79. The summed E-state index contributed by atoms with van der Waals surface area (Å²) in [5.41, 5.74) is 11.4. The molecular formula is C21H17BrFN9O. The highest BCUT2D eigenvalue weighted by molar-refractivity contribution is 9.10. The molecule has 0 saturated carbocycles. The van der Waals surface area contributed by atoms with Gasteiger partial charge >= 0.3 is 0 Å². The summed E-state index contributed by atoms with van der Waals surface area (Å²) in [5, 5.41) is 12.7. The van der Waals surface area contributed by atoms with E-state index in [1.807, 2.05) is 13.0 Å². The Morgan fingerprint density at radius 2 is 2.06 bits per heavy atom. The van der Waals surface area contributed by atoms with E-state index in [0.717, 1.165) is 0 Å². The van der Waals surface area contributed by atoms with Crippen LogP contribution in [0, 0.1) is 17.1 Å². The minimum atomic E-state index is -0.679. The van der Waals surface area contributed by atoms with Crippen molar-refractivity contribution in [2.24, 2.45) is 0 Å². The van der Waals surface area contributed by atoms with E-state index in [-0.39, 0.29) is 39.9 Å². The van der Waals surface area contributed by atoms with Crippen molar-refractivity contribution in [1.29, 1.82) is 5.26 Å². The summed E-state index contributed by atoms with van der Waals surface area (Å²) in [6.07, 6.45) is 3.46. The Balaban J connectivity index is 2.01. The molecule has 0 aliphatic rings. The number of rotatable bonds is 5. The molecule has 1 atom stereocenters. The molecule has 0 bridgehead atoms. The molecule has 1 aromatic carbocycles. The normalized spacial score (nSPS) is 11.8. The lowest BCUT2D eigenvalue weighted by molar-refractivity contribution is 0.624. The first-order valence-corrected chi connectivity index (χ1v) is 10.6. The molecule has 166 valence electrons.